The highest BCUT2D eigenvalue weighted by molar-refractivity contribution is 9.10. The van der Waals surface area contributed by atoms with Crippen LogP contribution in [0.25, 0.3) is 0 Å². The van der Waals surface area contributed by atoms with Gasteiger partial charge in [0.2, 0.25) is 0 Å². The highest BCUT2D eigenvalue weighted by Crippen LogP contribution is 2.22. The van der Waals surface area contributed by atoms with Gasteiger partial charge in [-0.15, -0.1) is 0 Å². The Bertz CT molecular complexity index is 673. The topological polar surface area (TPSA) is 84.0 Å². The molecule has 8 heteroatoms. The number of rotatable bonds is 4. The Morgan fingerprint density at radius 1 is 1.21 bits per heavy atom. The lowest BCUT2D eigenvalue weighted by atomic mass is 10.5. The normalized spacial score (nSPS) is 11.1. The predicted octanol–water partition coefficient (Wildman–Crippen LogP) is 2.08. The molecule has 0 spiro atoms. The van der Waals surface area contributed by atoms with E-state index >= 15 is 0 Å². The fraction of sp³-hybridized carbons (Fsp3) is 0.0909. The van der Waals surface area contributed by atoms with Crippen LogP contribution in [-0.2, 0) is 10.0 Å². The summed E-state index contributed by atoms with van der Waals surface area (Å²) in [5, 5.41) is 2.82. The number of anilines is 2. The monoisotopic (exact) mass is 342 g/mol. The van der Waals surface area contributed by atoms with E-state index in [-0.39, 0.29) is 10.7 Å². The highest BCUT2D eigenvalue weighted by atomic mass is 79.9. The average Bonchev–Trinajstić information content (AvgIpc) is 2.41. The smallest absolute Gasteiger partial charge is 0.264 e. The van der Waals surface area contributed by atoms with Gasteiger partial charge < -0.3 is 5.32 Å². The lowest BCUT2D eigenvalue weighted by Crippen LogP contribution is -2.14. The second-order valence-electron chi connectivity index (χ2n) is 3.57. The van der Waals surface area contributed by atoms with E-state index in [2.05, 4.69) is 35.9 Å². The maximum Gasteiger partial charge on any atom is 0.264 e. The molecule has 0 radical (unpaired) electrons. The first-order valence-electron chi connectivity index (χ1n) is 5.30. The third-order valence-electron chi connectivity index (χ3n) is 2.29. The molecule has 0 aromatic carbocycles. The van der Waals surface area contributed by atoms with Crippen molar-refractivity contribution >= 4 is 37.6 Å². The van der Waals surface area contributed by atoms with E-state index in [4.69, 9.17) is 0 Å². The van der Waals surface area contributed by atoms with Crippen LogP contribution in [0, 0.1) is 0 Å². The number of nitrogens with zero attached hydrogens (tertiary/aromatic N) is 2. The van der Waals surface area contributed by atoms with Gasteiger partial charge in [-0.1, -0.05) is 0 Å². The average molecular weight is 343 g/mol. The molecule has 100 valence electrons. The van der Waals surface area contributed by atoms with Crippen LogP contribution in [0.5, 0.6) is 0 Å². The molecule has 0 amide bonds. The van der Waals surface area contributed by atoms with Gasteiger partial charge >= 0.3 is 0 Å². The Morgan fingerprint density at radius 2 is 2.00 bits per heavy atom. The number of aromatic nitrogens is 2. The van der Waals surface area contributed by atoms with Crippen molar-refractivity contribution in [2.75, 3.05) is 17.1 Å². The van der Waals surface area contributed by atoms with Gasteiger partial charge in [0.1, 0.15) is 10.7 Å². The van der Waals surface area contributed by atoms with E-state index in [1.165, 1.54) is 18.5 Å². The summed E-state index contributed by atoms with van der Waals surface area (Å²) in [6.07, 6.45) is 2.79. The summed E-state index contributed by atoms with van der Waals surface area (Å²) in [5.41, 5.74) is 0. The Kier molecular flexibility index (Phi) is 4.01. The van der Waals surface area contributed by atoms with Gasteiger partial charge in [-0.25, -0.2) is 18.4 Å². The zero-order valence-corrected chi connectivity index (χ0v) is 12.4. The minimum atomic E-state index is -3.69. The molecule has 0 atom stereocenters. The van der Waals surface area contributed by atoms with Crippen molar-refractivity contribution in [2.24, 2.45) is 0 Å². The summed E-state index contributed by atoms with van der Waals surface area (Å²) < 4.78 is 27.2. The first-order chi connectivity index (χ1) is 9.03. The molecule has 2 heterocycles. The molecule has 2 aromatic rings. The Hall–Kier alpha value is -1.67. The summed E-state index contributed by atoms with van der Waals surface area (Å²) in [6.45, 7) is 0. The third kappa shape index (κ3) is 3.21. The molecule has 2 N–H and O–H groups in total. The summed E-state index contributed by atoms with van der Waals surface area (Å²) in [6, 6.07) is 6.46. The van der Waals surface area contributed by atoms with Crippen LogP contribution in [0.2, 0.25) is 0 Å². The van der Waals surface area contributed by atoms with Gasteiger partial charge in [0.25, 0.3) is 10.0 Å². The van der Waals surface area contributed by atoms with E-state index in [0.29, 0.717) is 10.3 Å². The van der Waals surface area contributed by atoms with Gasteiger partial charge in [0.15, 0.2) is 5.82 Å². The molecule has 19 heavy (non-hydrogen) atoms. The molecule has 0 aliphatic heterocycles. The van der Waals surface area contributed by atoms with Crippen LogP contribution < -0.4 is 10.0 Å². The van der Waals surface area contributed by atoms with Crippen molar-refractivity contribution in [2.45, 2.75) is 4.90 Å². The number of hydrogen-bond donors (Lipinski definition) is 2. The zero-order chi connectivity index (χ0) is 13.9. The van der Waals surface area contributed by atoms with Crippen molar-refractivity contribution in [1.82, 2.24) is 9.97 Å². The number of nitrogens with one attached hydrogen (secondary N) is 2. The molecule has 0 aliphatic rings. The minimum absolute atomic E-state index is 0.0732. The van der Waals surface area contributed by atoms with E-state index in [0.717, 1.165) is 0 Å². The summed E-state index contributed by atoms with van der Waals surface area (Å²) >= 11 is 3.23. The van der Waals surface area contributed by atoms with Crippen LogP contribution in [0.1, 0.15) is 0 Å². The number of pyridine rings is 2. The lowest BCUT2D eigenvalue weighted by Gasteiger charge is -2.08. The summed E-state index contributed by atoms with van der Waals surface area (Å²) in [4.78, 5) is 7.99. The first-order valence-corrected chi connectivity index (χ1v) is 7.58. The van der Waals surface area contributed by atoms with E-state index in [1.807, 2.05) is 0 Å². The Labute approximate surface area is 119 Å². The van der Waals surface area contributed by atoms with Gasteiger partial charge in [-0.05, 0) is 40.2 Å². The summed E-state index contributed by atoms with van der Waals surface area (Å²) in [5.74, 6) is 0.832. The van der Waals surface area contributed by atoms with Crippen molar-refractivity contribution in [3.8, 4) is 0 Å². The van der Waals surface area contributed by atoms with E-state index in [1.54, 1.807) is 25.2 Å². The van der Waals surface area contributed by atoms with Gasteiger partial charge in [-0.2, -0.15) is 0 Å². The van der Waals surface area contributed by atoms with E-state index < -0.39 is 10.0 Å². The Balaban J connectivity index is 2.30. The molecule has 0 aliphatic carbocycles. The van der Waals surface area contributed by atoms with Gasteiger partial charge in [0, 0.05) is 19.4 Å². The van der Waals surface area contributed by atoms with Crippen molar-refractivity contribution < 1.29 is 8.42 Å². The number of sulfonamides is 1. The minimum Gasteiger partial charge on any atom is -0.373 e. The first kappa shape index (κ1) is 13.8. The lowest BCUT2D eigenvalue weighted by molar-refractivity contribution is 0.600. The SMILES string of the molecule is CNc1ccc(S(=O)(=O)Nc2ncccc2Br)cn1. The molecule has 0 saturated carbocycles. The molecular formula is C11H11BrN4O2S. The molecule has 0 bridgehead atoms. The third-order valence-corrected chi connectivity index (χ3v) is 4.26. The van der Waals surface area contributed by atoms with Crippen molar-refractivity contribution in [1.29, 1.82) is 0 Å². The molecule has 0 fully saturated rings. The van der Waals surface area contributed by atoms with Crippen molar-refractivity contribution in [3.05, 3.63) is 41.1 Å². The fourth-order valence-corrected chi connectivity index (χ4v) is 2.79. The fourth-order valence-electron chi connectivity index (χ4n) is 1.33. The number of hydrogen-bond acceptors (Lipinski definition) is 5. The molecule has 0 unspecified atom stereocenters. The van der Waals surface area contributed by atoms with Crippen molar-refractivity contribution in [3.63, 3.8) is 0 Å². The Morgan fingerprint density at radius 3 is 2.58 bits per heavy atom. The van der Waals surface area contributed by atoms with Crippen LogP contribution in [0.3, 0.4) is 0 Å². The quantitative estimate of drug-likeness (QED) is 0.888. The maximum atomic E-state index is 12.1. The van der Waals surface area contributed by atoms with Crippen LogP contribution in [0.4, 0.5) is 11.6 Å². The molecule has 2 aromatic heterocycles. The second-order valence-corrected chi connectivity index (χ2v) is 6.11. The van der Waals surface area contributed by atoms with Gasteiger partial charge in [0.05, 0.1) is 4.47 Å². The van der Waals surface area contributed by atoms with E-state index in [9.17, 15) is 8.42 Å². The zero-order valence-electron chi connectivity index (χ0n) is 9.96. The largest absolute Gasteiger partial charge is 0.373 e. The molecule has 6 nitrogen and oxygen atoms in total. The number of halogens is 1. The van der Waals surface area contributed by atoms with Crippen LogP contribution in [-0.4, -0.2) is 25.4 Å². The molecule has 2 rings (SSSR count). The summed E-state index contributed by atoms with van der Waals surface area (Å²) in [7, 11) is -1.99. The molecular weight excluding hydrogens is 332 g/mol. The second kappa shape index (κ2) is 5.54. The maximum absolute atomic E-state index is 12.1. The predicted molar refractivity (Wildman–Crippen MR) is 76.5 cm³/mol. The molecule has 0 saturated heterocycles. The van der Waals surface area contributed by atoms with Crippen LogP contribution >= 0.6 is 15.9 Å². The highest BCUT2D eigenvalue weighted by Gasteiger charge is 2.16. The van der Waals surface area contributed by atoms with Gasteiger partial charge in [-0.3, -0.25) is 4.72 Å². The standard InChI is InChI=1S/C11H11BrN4O2S/c1-13-10-5-4-8(7-15-10)19(17,18)16-11-9(12)3-2-6-14-11/h2-7H,1H3,(H,13,15)(H,14,16). The van der Waals surface area contributed by atoms with Crippen LogP contribution in [0.15, 0.2) is 46.0 Å².